The van der Waals surface area contributed by atoms with Crippen LogP contribution in [0, 0.1) is 5.92 Å². The van der Waals surface area contributed by atoms with Gasteiger partial charge in [-0.2, -0.15) is 13.2 Å². The first-order valence-electron chi connectivity index (χ1n) is 10.5. The van der Waals surface area contributed by atoms with Crippen molar-refractivity contribution in [3.63, 3.8) is 0 Å². The van der Waals surface area contributed by atoms with E-state index >= 15 is 0 Å². The first-order valence-corrected chi connectivity index (χ1v) is 10.8. The van der Waals surface area contributed by atoms with Crippen molar-refractivity contribution in [2.45, 2.75) is 31.0 Å². The van der Waals surface area contributed by atoms with Gasteiger partial charge in [-0.1, -0.05) is 41.9 Å². The van der Waals surface area contributed by atoms with Gasteiger partial charge in [0.2, 0.25) is 5.91 Å². The minimum atomic E-state index is -4.58. The van der Waals surface area contributed by atoms with E-state index in [4.69, 9.17) is 16.3 Å². The lowest BCUT2D eigenvalue weighted by Crippen LogP contribution is -2.50. The number of rotatable bonds is 7. The zero-order chi connectivity index (χ0) is 23.6. The molecule has 1 aromatic heterocycles. The molecule has 1 fully saturated rings. The van der Waals surface area contributed by atoms with Crippen LogP contribution in [-0.4, -0.2) is 18.0 Å². The highest BCUT2D eigenvalue weighted by Crippen LogP contribution is 2.42. The van der Waals surface area contributed by atoms with E-state index in [1.165, 1.54) is 19.4 Å². The molecular formula is C25H22ClF3N2O2. The molecule has 0 saturated heterocycles. The third kappa shape index (κ3) is 4.98. The van der Waals surface area contributed by atoms with E-state index in [0.29, 0.717) is 10.7 Å². The van der Waals surface area contributed by atoms with E-state index in [1.54, 1.807) is 12.1 Å². The predicted molar refractivity (Wildman–Crippen MR) is 119 cm³/mol. The summed E-state index contributed by atoms with van der Waals surface area (Å²) in [5.74, 6) is -0.196. The summed E-state index contributed by atoms with van der Waals surface area (Å²) in [6, 6.07) is 15.7. The molecule has 1 aliphatic carbocycles. The molecule has 4 rings (SSSR count). The zero-order valence-electron chi connectivity index (χ0n) is 17.8. The highest BCUT2D eigenvalue weighted by molar-refractivity contribution is 6.30. The monoisotopic (exact) mass is 474 g/mol. The van der Waals surface area contributed by atoms with Gasteiger partial charge in [-0.3, -0.25) is 9.78 Å². The Kier molecular flexibility index (Phi) is 6.34. The lowest BCUT2D eigenvalue weighted by Gasteiger charge is -2.37. The molecule has 172 valence electrons. The zero-order valence-corrected chi connectivity index (χ0v) is 18.6. The highest BCUT2D eigenvalue weighted by Gasteiger charge is 2.44. The number of methoxy groups -OCH3 is 1. The van der Waals surface area contributed by atoms with Crippen LogP contribution in [0.15, 0.2) is 66.9 Å². The number of ether oxygens (including phenoxy) is 1. The van der Waals surface area contributed by atoms with Crippen molar-refractivity contribution in [1.82, 2.24) is 10.3 Å². The number of aromatic nitrogens is 1. The van der Waals surface area contributed by atoms with Gasteiger partial charge >= 0.3 is 6.18 Å². The summed E-state index contributed by atoms with van der Waals surface area (Å²) < 4.78 is 46.6. The van der Waals surface area contributed by atoms with Crippen molar-refractivity contribution in [3.05, 3.63) is 94.3 Å². The summed E-state index contributed by atoms with van der Waals surface area (Å²) in [7, 11) is 1.39. The van der Waals surface area contributed by atoms with Gasteiger partial charge in [0.05, 0.1) is 23.4 Å². The molecule has 1 N–H and O–H groups in total. The Morgan fingerprint density at radius 2 is 1.85 bits per heavy atom. The number of carbonyl (C=O) groups excluding carboxylic acids is 1. The molecule has 8 heteroatoms. The minimum absolute atomic E-state index is 0.165. The van der Waals surface area contributed by atoms with Crippen molar-refractivity contribution in [3.8, 4) is 5.75 Å². The van der Waals surface area contributed by atoms with Crippen LogP contribution in [-0.2, 0) is 22.9 Å². The van der Waals surface area contributed by atoms with Crippen LogP contribution < -0.4 is 10.1 Å². The first kappa shape index (κ1) is 23.1. The summed E-state index contributed by atoms with van der Waals surface area (Å²) >= 11 is 6.05. The quantitative estimate of drug-likeness (QED) is 0.472. The number of hydrogen-bond acceptors (Lipinski definition) is 3. The van der Waals surface area contributed by atoms with E-state index in [2.05, 4.69) is 10.3 Å². The Labute approximate surface area is 194 Å². The van der Waals surface area contributed by atoms with E-state index in [-0.39, 0.29) is 29.6 Å². The first-order chi connectivity index (χ1) is 15.7. The maximum atomic E-state index is 13.7. The van der Waals surface area contributed by atoms with Gasteiger partial charge in [0, 0.05) is 24.1 Å². The van der Waals surface area contributed by atoms with E-state index in [1.807, 2.05) is 30.3 Å². The van der Waals surface area contributed by atoms with Gasteiger partial charge in [-0.15, -0.1) is 0 Å². The van der Waals surface area contributed by atoms with Crippen LogP contribution in [0.4, 0.5) is 13.2 Å². The lowest BCUT2D eigenvalue weighted by molar-refractivity contribution is -0.137. The molecule has 1 atom stereocenters. The smallest absolute Gasteiger partial charge is 0.416 e. The maximum Gasteiger partial charge on any atom is 0.416 e. The maximum absolute atomic E-state index is 13.7. The Morgan fingerprint density at radius 3 is 2.42 bits per heavy atom. The van der Waals surface area contributed by atoms with Crippen molar-refractivity contribution in [2.24, 2.45) is 5.92 Å². The Morgan fingerprint density at radius 1 is 1.12 bits per heavy atom. The number of pyridine rings is 1. The molecule has 4 nitrogen and oxygen atoms in total. The second-order valence-electron chi connectivity index (χ2n) is 8.11. The second kappa shape index (κ2) is 9.06. The van der Waals surface area contributed by atoms with Crippen LogP contribution in [0.2, 0.25) is 5.02 Å². The van der Waals surface area contributed by atoms with Crippen LogP contribution >= 0.6 is 11.6 Å². The van der Waals surface area contributed by atoms with Crippen LogP contribution in [0.5, 0.6) is 5.75 Å². The molecule has 1 aliphatic rings. The van der Waals surface area contributed by atoms with E-state index in [0.717, 1.165) is 30.5 Å². The number of benzene rings is 2. The van der Waals surface area contributed by atoms with Gasteiger partial charge in [0.1, 0.15) is 11.3 Å². The van der Waals surface area contributed by atoms with E-state index in [9.17, 15) is 18.0 Å². The number of amides is 1. The topological polar surface area (TPSA) is 51.2 Å². The number of carbonyl (C=O) groups is 1. The minimum Gasteiger partial charge on any atom is -0.496 e. The van der Waals surface area contributed by atoms with Crippen LogP contribution in [0.25, 0.3) is 0 Å². The van der Waals surface area contributed by atoms with Gasteiger partial charge in [-0.05, 0) is 48.7 Å². The fourth-order valence-electron chi connectivity index (χ4n) is 3.91. The van der Waals surface area contributed by atoms with Crippen molar-refractivity contribution in [1.29, 1.82) is 0 Å². The molecule has 1 amide bonds. The van der Waals surface area contributed by atoms with E-state index < -0.39 is 17.3 Å². The standard InChI is InChI=1S/C25H22ClF3N2O2/c1-33-21-11-9-18(25(27,28)29)13-20(21)24(31-23(32)17-7-8-17,14-16-5-3-2-4-6-16)22-12-10-19(26)15-30-22/h2-6,9-13,15,17H,7-8,14H2,1H3,(H,31,32)/t24-/m0/s1. The van der Waals surface area contributed by atoms with Crippen molar-refractivity contribution in [2.75, 3.05) is 7.11 Å². The molecule has 0 unspecified atom stereocenters. The average molecular weight is 475 g/mol. The van der Waals surface area contributed by atoms with Crippen molar-refractivity contribution < 1.29 is 22.7 Å². The highest BCUT2D eigenvalue weighted by atomic mass is 35.5. The number of halogens is 4. The molecule has 3 aromatic rings. The molecule has 0 aliphatic heterocycles. The SMILES string of the molecule is COc1ccc(C(F)(F)F)cc1[C@](Cc1ccccc1)(NC(=O)C1CC1)c1ccc(Cl)cn1. The van der Waals surface area contributed by atoms with Crippen LogP contribution in [0.1, 0.15) is 35.2 Å². The van der Waals surface area contributed by atoms with Crippen molar-refractivity contribution >= 4 is 17.5 Å². The molecule has 33 heavy (non-hydrogen) atoms. The fourth-order valence-corrected chi connectivity index (χ4v) is 4.02. The third-order valence-corrected chi connectivity index (χ3v) is 5.97. The fraction of sp³-hybridized carbons (Fsp3) is 0.280. The average Bonchev–Trinajstić information content (AvgIpc) is 3.64. The summed E-state index contributed by atoms with van der Waals surface area (Å²) in [6.07, 6.45) is -1.52. The number of nitrogens with zero attached hydrogens (tertiary/aromatic N) is 1. The largest absolute Gasteiger partial charge is 0.496 e. The predicted octanol–water partition coefficient (Wildman–Crippen LogP) is 5.77. The van der Waals surface area contributed by atoms with Gasteiger partial charge in [0.15, 0.2) is 0 Å². The molecule has 0 spiro atoms. The van der Waals surface area contributed by atoms with Gasteiger partial charge in [-0.25, -0.2) is 0 Å². The Balaban J connectivity index is 1.99. The number of hydrogen-bond donors (Lipinski definition) is 1. The second-order valence-corrected chi connectivity index (χ2v) is 8.54. The van der Waals surface area contributed by atoms with Gasteiger partial charge < -0.3 is 10.1 Å². The Bertz CT molecular complexity index is 1130. The molecule has 1 saturated carbocycles. The van der Waals surface area contributed by atoms with Gasteiger partial charge in [0.25, 0.3) is 0 Å². The molecule has 0 radical (unpaired) electrons. The third-order valence-electron chi connectivity index (χ3n) is 5.75. The lowest BCUT2D eigenvalue weighted by atomic mass is 9.79. The molecule has 0 bridgehead atoms. The number of nitrogens with one attached hydrogen (secondary N) is 1. The van der Waals surface area contributed by atoms with Crippen LogP contribution in [0.3, 0.4) is 0 Å². The number of alkyl halides is 3. The Hall–Kier alpha value is -3.06. The molecule has 2 aromatic carbocycles. The summed E-state index contributed by atoms with van der Waals surface area (Å²) in [4.78, 5) is 17.5. The normalized spacial score (nSPS) is 15.5. The molecular weight excluding hydrogens is 453 g/mol. The summed E-state index contributed by atoms with van der Waals surface area (Å²) in [5, 5.41) is 3.43. The molecule has 1 heterocycles. The summed E-state index contributed by atoms with van der Waals surface area (Å²) in [6.45, 7) is 0. The summed E-state index contributed by atoms with van der Waals surface area (Å²) in [5.41, 5.74) is -0.914.